The quantitative estimate of drug-likeness (QED) is 0.390. The highest BCUT2D eigenvalue weighted by atomic mass is 19.1. The molecule has 0 spiro atoms. The molecule has 1 amide bonds. The SMILES string of the molecule is CCNC(=NCc1cccc(F)c1)NCCCC(=O)NC1CC1. The third-order valence-corrected chi connectivity index (χ3v) is 3.47. The van der Waals surface area contributed by atoms with E-state index in [1.165, 1.54) is 12.1 Å². The predicted octanol–water partition coefficient (Wildman–Crippen LogP) is 1.94. The van der Waals surface area contributed by atoms with E-state index < -0.39 is 0 Å². The van der Waals surface area contributed by atoms with E-state index in [0.29, 0.717) is 31.5 Å². The number of halogens is 1. The van der Waals surface area contributed by atoms with Crippen LogP contribution in [-0.4, -0.2) is 31.0 Å². The van der Waals surface area contributed by atoms with Gasteiger partial charge in [-0.25, -0.2) is 9.38 Å². The standard InChI is InChI=1S/C17H25FN4O/c1-2-19-17(21-12-13-5-3-6-14(18)11-13)20-10-4-7-16(23)22-15-8-9-15/h3,5-6,11,15H,2,4,7-10,12H2,1H3,(H,22,23)(H2,19,20,21). The summed E-state index contributed by atoms with van der Waals surface area (Å²) >= 11 is 0. The molecule has 1 aromatic rings. The number of nitrogens with zero attached hydrogens (tertiary/aromatic N) is 1. The van der Waals surface area contributed by atoms with Gasteiger partial charge in [-0.3, -0.25) is 4.79 Å². The summed E-state index contributed by atoms with van der Waals surface area (Å²) < 4.78 is 13.1. The molecule has 5 nitrogen and oxygen atoms in total. The lowest BCUT2D eigenvalue weighted by Gasteiger charge is -2.11. The number of amides is 1. The molecule has 1 aromatic carbocycles. The van der Waals surface area contributed by atoms with E-state index in [-0.39, 0.29) is 11.7 Å². The lowest BCUT2D eigenvalue weighted by atomic mass is 10.2. The van der Waals surface area contributed by atoms with Crippen molar-refractivity contribution in [2.75, 3.05) is 13.1 Å². The second kappa shape index (κ2) is 9.12. The van der Waals surface area contributed by atoms with Crippen molar-refractivity contribution in [1.82, 2.24) is 16.0 Å². The molecule has 1 aliphatic carbocycles. The zero-order valence-corrected chi connectivity index (χ0v) is 13.6. The minimum Gasteiger partial charge on any atom is -0.357 e. The summed E-state index contributed by atoms with van der Waals surface area (Å²) in [6.07, 6.45) is 3.50. The van der Waals surface area contributed by atoms with Crippen LogP contribution in [0.5, 0.6) is 0 Å². The highest BCUT2D eigenvalue weighted by Gasteiger charge is 2.22. The first-order chi connectivity index (χ1) is 11.2. The number of hydrogen-bond donors (Lipinski definition) is 3. The van der Waals surface area contributed by atoms with Gasteiger partial charge in [0.2, 0.25) is 5.91 Å². The molecule has 0 radical (unpaired) electrons. The topological polar surface area (TPSA) is 65.5 Å². The zero-order chi connectivity index (χ0) is 16.5. The Morgan fingerprint density at radius 3 is 2.87 bits per heavy atom. The maximum absolute atomic E-state index is 13.1. The van der Waals surface area contributed by atoms with Crippen molar-refractivity contribution >= 4 is 11.9 Å². The van der Waals surface area contributed by atoms with Gasteiger partial charge in [-0.05, 0) is 43.9 Å². The Bertz CT molecular complexity index is 543. The van der Waals surface area contributed by atoms with Crippen molar-refractivity contribution in [3.8, 4) is 0 Å². The molecule has 0 bridgehead atoms. The first kappa shape index (κ1) is 17.2. The third kappa shape index (κ3) is 7.13. The number of aliphatic imine (C=N–C) groups is 1. The summed E-state index contributed by atoms with van der Waals surface area (Å²) in [6.45, 7) is 3.82. The molecule has 2 rings (SSSR count). The molecule has 0 atom stereocenters. The van der Waals surface area contributed by atoms with Crippen LogP contribution in [0.2, 0.25) is 0 Å². The first-order valence-corrected chi connectivity index (χ1v) is 8.23. The molecule has 0 aromatic heterocycles. The number of guanidine groups is 1. The normalized spacial score (nSPS) is 14.4. The molecule has 1 fully saturated rings. The fourth-order valence-electron chi connectivity index (χ4n) is 2.13. The van der Waals surface area contributed by atoms with Gasteiger partial charge in [0, 0.05) is 25.6 Å². The average Bonchev–Trinajstić information content (AvgIpc) is 3.33. The molecule has 6 heteroatoms. The van der Waals surface area contributed by atoms with Crippen molar-refractivity contribution in [1.29, 1.82) is 0 Å². The Labute approximate surface area is 136 Å². The van der Waals surface area contributed by atoms with Crippen molar-refractivity contribution in [3.63, 3.8) is 0 Å². The highest BCUT2D eigenvalue weighted by Crippen LogP contribution is 2.18. The molecule has 0 saturated heterocycles. The lowest BCUT2D eigenvalue weighted by molar-refractivity contribution is -0.121. The van der Waals surface area contributed by atoms with Crippen LogP contribution in [0.25, 0.3) is 0 Å². The van der Waals surface area contributed by atoms with Gasteiger partial charge in [0.05, 0.1) is 6.54 Å². The van der Waals surface area contributed by atoms with E-state index >= 15 is 0 Å². The number of rotatable bonds is 8. The number of carbonyl (C=O) groups is 1. The van der Waals surface area contributed by atoms with E-state index in [0.717, 1.165) is 31.4 Å². The van der Waals surface area contributed by atoms with Crippen molar-refractivity contribution in [2.24, 2.45) is 4.99 Å². The van der Waals surface area contributed by atoms with Crippen LogP contribution in [0, 0.1) is 5.82 Å². The van der Waals surface area contributed by atoms with Gasteiger partial charge < -0.3 is 16.0 Å². The van der Waals surface area contributed by atoms with E-state index in [1.54, 1.807) is 6.07 Å². The minimum absolute atomic E-state index is 0.121. The molecular weight excluding hydrogens is 295 g/mol. The van der Waals surface area contributed by atoms with Gasteiger partial charge in [0.15, 0.2) is 5.96 Å². The van der Waals surface area contributed by atoms with Gasteiger partial charge >= 0.3 is 0 Å². The minimum atomic E-state index is -0.252. The van der Waals surface area contributed by atoms with Crippen molar-refractivity contribution in [2.45, 2.75) is 45.2 Å². The lowest BCUT2D eigenvalue weighted by Crippen LogP contribution is -2.38. The third-order valence-electron chi connectivity index (χ3n) is 3.47. The monoisotopic (exact) mass is 320 g/mol. The number of carbonyl (C=O) groups excluding carboxylic acids is 1. The smallest absolute Gasteiger partial charge is 0.220 e. The van der Waals surface area contributed by atoms with Crippen LogP contribution in [-0.2, 0) is 11.3 Å². The van der Waals surface area contributed by atoms with Crippen LogP contribution >= 0.6 is 0 Å². The maximum Gasteiger partial charge on any atom is 0.220 e. The number of hydrogen-bond acceptors (Lipinski definition) is 2. The Hall–Kier alpha value is -2.11. The molecule has 0 heterocycles. The molecular formula is C17H25FN4O. The zero-order valence-electron chi connectivity index (χ0n) is 13.6. The summed E-state index contributed by atoms with van der Waals surface area (Å²) in [5.41, 5.74) is 0.825. The van der Waals surface area contributed by atoms with Crippen LogP contribution in [0.1, 0.15) is 38.2 Å². The first-order valence-electron chi connectivity index (χ1n) is 8.23. The van der Waals surface area contributed by atoms with E-state index in [1.807, 2.05) is 13.0 Å². The molecule has 3 N–H and O–H groups in total. The van der Waals surface area contributed by atoms with Gasteiger partial charge in [0.1, 0.15) is 5.82 Å². The second-order valence-electron chi connectivity index (χ2n) is 5.70. The van der Waals surface area contributed by atoms with Crippen LogP contribution < -0.4 is 16.0 Å². The summed E-state index contributed by atoms with van der Waals surface area (Å²) in [7, 11) is 0. The Balaban J connectivity index is 1.71. The molecule has 23 heavy (non-hydrogen) atoms. The van der Waals surface area contributed by atoms with Gasteiger partial charge in [-0.1, -0.05) is 12.1 Å². The van der Waals surface area contributed by atoms with Crippen molar-refractivity contribution < 1.29 is 9.18 Å². The largest absolute Gasteiger partial charge is 0.357 e. The second-order valence-corrected chi connectivity index (χ2v) is 5.70. The van der Waals surface area contributed by atoms with E-state index in [9.17, 15) is 9.18 Å². The average molecular weight is 320 g/mol. The Kier molecular flexibility index (Phi) is 6.84. The van der Waals surface area contributed by atoms with E-state index in [2.05, 4.69) is 20.9 Å². The molecule has 0 unspecified atom stereocenters. The van der Waals surface area contributed by atoms with Crippen LogP contribution in [0.3, 0.4) is 0 Å². The van der Waals surface area contributed by atoms with Gasteiger partial charge in [-0.15, -0.1) is 0 Å². The Morgan fingerprint density at radius 2 is 2.17 bits per heavy atom. The summed E-state index contributed by atoms with van der Waals surface area (Å²) in [6, 6.07) is 6.84. The van der Waals surface area contributed by atoms with Crippen LogP contribution in [0.15, 0.2) is 29.3 Å². The molecule has 126 valence electrons. The van der Waals surface area contributed by atoms with Gasteiger partial charge in [-0.2, -0.15) is 0 Å². The molecule has 0 aliphatic heterocycles. The summed E-state index contributed by atoms with van der Waals surface area (Å²) in [5, 5.41) is 9.31. The fourth-order valence-corrected chi connectivity index (χ4v) is 2.13. The number of benzene rings is 1. The van der Waals surface area contributed by atoms with E-state index in [4.69, 9.17) is 0 Å². The summed E-state index contributed by atoms with van der Waals surface area (Å²) in [5.74, 6) is 0.549. The Morgan fingerprint density at radius 1 is 1.35 bits per heavy atom. The van der Waals surface area contributed by atoms with Crippen molar-refractivity contribution in [3.05, 3.63) is 35.6 Å². The number of nitrogens with one attached hydrogen (secondary N) is 3. The maximum atomic E-state index is 13.1. The predicted molar refractivity (Wildman–Crippen MR) is 89.6 cm³/mol. The highest BCUT2D eigenvalue weighted by molar-refractivity contribution is 5.80. The fraction of sp³-hybridized carbons (Fsp3) is 0.529. The van der Waals surface area contributed by atoms with Gasteiger partial charge in [0.25, 0.3) is 0 Å². The summed E-state index contributed by atoms with van der Waals surface area (Å²) in [4.78, 5) is 16.0. The van der Waals surface area contributed by atoms with Crippen LogP contribution in [0.4, 0.5) is 4.39 Å². The molecule has 1 aliphatic rings. The molecule has 1 saturated carbocycles.